The van der Waals surface area contributed by atoms with Crippen LogP contribution in [-0.2, 0) is 19.7 Å². The van der Waals surface area contributed by atoms with E-state index < -0.39 is 11.2 Å². The lowest BCUT2D eigenvalue weighted by atomic mass is 9.82. The molecular formula is C19H23FN2O3. The van der Waals surface area contributed by atoms with E-state index in [1.165, 1.54) is 12.1 Å². The van der Waals surface area contributed by atoms with Crippen molar-refractivity contribution < 1.29 is 18.7 Å². The van der Waals surface area contributed by atoms with E-state index in [0.29, 0.717) is 39.1 Å². The van der Waals surface area contributed by atoms with E-state index in [0.717, 1.165) is 16.5 Å². The molecule has 0 radical (unpaired) electrons. The van der Waals surface area contributed by atoms with Crippen molar-refractivity contribution in [3.63, 3.8) is 0 Å². The van der Waals surface area contributed by atoms with Crippen molar-refractivity contribution >= 4 is 16.8 Å². The number of ether oxygens (including phenoxy) is 2. The summed E-state index contributed by atoms with van der Waals surface area (Å²) in [6.07, 6.45) is 3.20. The third-order valence-corrected chi connectivity index (χ3v) is 5.48. The quantitative estimate of drug-likeness (QED) is 0.910. The molecule has 0 unspecified atom stereocenters. The molecule has 0 aliphatic carbocycles. The number of H-pyrrole nitrogens is 1. The highest BCUT2D eigenvalue weighted by Crippen LogP contribution is 2.36. The van der Waals surface area contributed by atoms with Crippen LogP contribution in [0.3, 0.4) is 0 Å². The number of aromatic amines is 1. The van der Waals surface area contributed by atoms with Crippen molar-refractivity contribution in [2.75, 3.05) is 26.3 Å². The molecule has 25 heavy (non-hydrogen) atoms. The molecule has 5 nitrogen and oxygen atoms in total. The van der Waals surface area contributed by atoms with Crippen LogP contribution in [0.5, 0.6) is 0 Å². The second-order valence-corrected chi connectivity index (χ2v) is 7.42. The van der Waals surface area contributed by atoms with Crippen LogP contribution in [0.15, 0.2) is 24.4 Å². The zero-order valence-corrected chi connectivity index (χ0v) is 14.6. The van der Waals surface area contributed by atoms with Gasteiger partial charge in [0, 0.05) is 43.0 Å². The Morgan fingerprint density at radius 2 is 1.92 bits per heavy atom. The maximum atomic E-state index is 13.7. The molecule has 1 aromatic carbocycles. The Balaban J connectivity index is 1.57. The fraction of sp³-hybridized carbons (Fsp3) is 0.526. The number of benzene rings is 1. The number of carbonyl (C=O) groups is 1. The van der Waals surface area contributed by atoms with Gasteiger partial charge < -0.3 is 19.4 Å². The first-order valence-corrected chi connectivity index (χ1v) is 8.76. The molecule has 2 aliphatic rings. The molecule has 0 atom stereocenters. The number of carbonyl (C=O) groups excluding carboxylic acids is 1. The predicted molar refractivity (Wildman–Crippen MR) is 91.7 cm³/mol. The van der Waals surface area contributed by atoms with Gasteiger partial charge in [-0.1, -0.05) is 0 Å². The fourth-order valence-electron chi connectivity index (χ4n) is 3.96. The first-order chi connectivity index (χ1) is 11.9. The SMILES string of the molecule is CC(C)(C(=O)N1CCC2(CC1)OCCO2)c1c[nH]c2ccc(F)cc12. The monoisotopic (exact) mass is 346 g/mol. The van der Waals surface area contributed by atoms with Crippen LogP contribution in [0.25, 0.3) is 10.9 Å². The molecule has 1 amide bonds. The van der Waals surface area contributed by atoms with Crippen molar-refractivity contribution in [1.29, 1.82) is 0 Å². The van der Waals surface area contributed by atoms with E-state index in [2.05, 4.69) is 4.98 Å². The van der Waals surface area contributed by atoms with E-state index in [4.69, 9.17) is 9.47 Å². The zero-order valence-electron chi connectivity index (χ0n) is 14.6. The first kappa shape index (κ1) is 16.5. The van der Waals surface area contributed by atoms with Gasteiger partial charge in [-0.2, -0.15) is 0 Å². The van der Waals surface area contributed by atoms with Gasteiger partial charge in [-0.3, -0.25) is 4.79 Å². The highest BCUT2D eigenvalue weighted by Gasteiger charge is 2.43. The molecule has 2 aromatic rings. The number of aromatic nitrogens is 1. The average Bonchev–Trinajstić information content (AvgIpc) is 3.22. The predicted octanol–water partition coefficient (Wildman–Crippen LogP) is 2.95. The number of amides is 1. The van der Waals surface area contributed by atoms with Gasteiger partial charge >= 0.3 is 0 Å². The second kappa shape index (κ2) is 5.81. The maximum absolute atomic E-state index is 13.7. The Morgan fingerprint density at radius 1 is 1.24 bits per heavy atom. The number of piperidine rings is 1. The smallest absolute Gasteiger partial charge is 0.232 e. The van der Waals surface area contributed by atoms with Crippen molar-refractivity contribution in [1.82, 2.24) is 9.88 Å². The summed E-state index contributed by atoms with van der Waals surface area (Å²) in [4.78, 5) is 18.2. The summed E-state index contributed by atoms with van der Waals surface area (Å²) in [5, 5.41) is 0.759. The van der Waals surface area contributed by atoms with Crippen LogP contribution in [0.2, 0.25) is 0 Å². The minimum absolute atomic E-state index is 0.0468. The molecule has 2 aliphatic heterocycles. The number of nitrogens with one attached hydrogen (secondary N) is 1. The number of halogens is 1. The lowest BCUT2D eigenvalue weighted by molar-refractivity contribution is -0.188. The van der Waals surface area contributed by atoms with Gasteiger partial charge in [0.1, 0.15) is 5.82 Å². The van der Waals surface area contributed by atoms with Gasteiger partial charge in [0.15, 0.2) is 5.79 Å². The van der Waals surface area contributed by atoms with Crippen molar-refractivity contribution in [3.05, 3.63) is 35.8 Å². The average molecular weight is 346 g/mol. The van der Waals surface area contributed by atoms with Crippen LogP contribution >= 0.6 is 0 Å². The molecule has 1 spiro atoms. The number of hydrogen-bond acceptors (Lipinski definition) is 3. The molecule has 2 fully saturated rings. The molecule has 134 valence electrons. The van der Waals surface area contributed by atoms with E-state index in [-0.39, 0.29) is 11.7 Å². The summed E-state index contributed by atoms with van der Waals surface area (Å²) in [5.74, 6) is -0.747. The number of nitrogens with zero attached hydrogens (tertiary/aromatic N) is 1. The molecule has 4 rings (SSSR count). The van der Waals surface area contributed by atoms with Gasteiger partial charge in [0.25, 0.3) is 0 Å². The molecule has 6 heteroatoms. The summed E-state index contributed by atoms with van der Waals surface area (Å²) >= 11 is 0. The van der Waals surface area contributed by atoms with Crippen LogP contribution in [0.4, 0.5) is 4.39 Å². The largest absolute Gasteiger partial charge is 0.361 e. The highest BCUT2D eigenvalue weighted by atomic mass is 19.1. The molecule has 0 saturated carbocycles. The van der Waals surface area contributed by atoms with E-state index >= 15 is 0 Å². The van der Waals surface area contributed by atoms with Crippen molar-refractivity contribution in [2.24, 2.45) is 0 Å². The Labute approximate surface area is 146 Å². The summed E-state index contributed by atoms with van der Waals surface area (Å²) in [6, 6.07) is 4.61. The van der Waals surface area contributed by atoms with Gasteiger partial charge in [0.05, 0.1) is 18.6 Å². The topological polar surface area (TPSA) is 54.6 Å². The van der Waals surface area contributed by atoms with Crippen LogP contribution in [0, 0.1) is 5.82 Å². The summed E-state index contributed by atoms with van der Waals surface area (Å²) in [5.41, 5.74) is 0.914. The third kappa shape index (κ3) is 2.73. The van der Waals surface area contributed by atoms with E-state index in [1.807, 2.05) is 24.9 Å². The fourth-order valence-corrected chi connectivity index (χ4v) is 3.96. The summed E-state index contributed by atoms with van der Waals surface area (Å²) in [7, 11) is 0. The van der Waals surface area contributed by atoms with Gasteiger partial charge in [0.2, 0.25) is 5.91 Å². The molecule has 0 bridgehead atoms. The minimum Gasteiger partial charge on any atom is -0.361 e. The lowest BCUT2D eigenvalue weighted by Crippen LogP contribution is -2.51. The number of hydrogen-bond donors (Lipinski definition) is 1. The minimum atomic E-state index is -0.742. The van der Waals surface area contributed by atoms with Gasteiger partial charge in [-0.05, 0) is 37.6 Å². The van der Waals surface area contributed by atoms with Crippen LogP contribution in [-0.4, -0.2) is 47.9 Å². The Kier molecular flexibility index (Phi) is 3.85. The Morgan fingerprint density at radius 3 is 2.60 bits per heavy atom. The van der Waals surface area contributed by atoms with E-state index in [1.54, 1.807) is 6.07 Å². The standard InChI is InChI=1S/C19H23FN2O3/c1-18(2,15-12-21-16-4-3-13(20)11-14(15)16)17(23)22-7-5-19(6-8-22)24-9-10-25-19/h3-4,11-12,21H,5-10H2,1-2H3. The molecule has 1 N–H and O–H groups in total. The number of rotatable bonds is 2. The normalized spacial score (nSPS) is 20.5. The van der Waals surface area contributed by atoms with Crippen LogP contribution < -0.4 is 0 Å². The summed E-state index contributed by atoms with van der Waals surface area (Å²) in [6.45, 7) is 6.27. The molecule has 3 heterocycles. The van der Waals surface area contributed by atoms with Crippen molar-refractivity contribution in [2.45, 2.75) is 37.9 Å². The molecule has 2 saturated heterocycles. The van der Waals surface area contributed by atoms with Crippen molar-refractivity contribution in [3.8, 4) is 0 Å². The summed E-state index contributed by atoms with van der Waals surface area (Å²) < 4.78 is 25.1. The van der Waals surface area contributed by atoms with E-state index in [9.17, 15) is 9.18 Å². The molecule has 1 aromatic heterocycles. The van der Waals surface area contributed by atoms with Crippen LogP contribution in [0.1, 0.15) is 32.3 Å². The lowest BCUT2D eigenvalue weighted by Gasteiger charge is -2.40. The zero-order chi connectivity index (χ0) is 17.7. The number of likely N-dealkylation sites (tertiary alicyclic amines) is 1. The molecular weight excluding hydrogens is 323 g/mol. The maximum Gasteiger partial charge on any atom is 0.232 e. The third-order valence-electron chi connectivity index (χ3n) is 5.48. The Bertz CT molecular complexity index is 798. The van der Waals surface area contributed by atoms with Gasteiger partial charge in [-0.25, -0.2) is 4.39 Å². The first-order valence-electron chi connectivity index (χ1n) is 8.76. The number of fused-ring (bicyclic) bond motifs is 1. The van der Waals surface area contributed by atoms with Gasteiger partial charge in [-0.15, -0.1) is 0 Å². The Hall–Kier alpha value is -1.92. The second-order valence-electron chi connectivity index (χ2n) is 7.42. The highest BCUT2D eigenvalue weighted by molar-refractivity contribution is 5.94.